The first-order valence-electron chi connectivity index (χ1n) is 11.1. The average molecular weight is 410 g/mol. The van der Waals surface area contributed by atoms with E-state index in [-0.39, 0.29) is 6.42 Å². The lowest BCUT2D eigenvalue weighted by molar-refractivity contribution is -0.136. The van der Waals surface area contributed by atoms with Crippen molar-refractivity contribution in [2.45, 2.75) is 65.5 Å². The third-order valence-corrected chi connectivity index (χ3v) is 6.19. The molecule has 2 aromatic carbocycles. The quantitative estimate of drug-likeness (QED) is 0.533. The number of aliphatic carboxylic acids is 1. The fraction of sp³-hybridized carbons (Fsp3) is 0.500. The van der Waals surface area contributed by atoms with Crippen LogP contribution in [0.15, 0.2) is 48.5 Å². The van der Waals surface area contributed by atoms with Crippen molar-refractivity contribution >= 4 is 5.97 Å². The zero-order valence-electron chi connectivity index (χ0n) is 18.5. The average Bonchev–Trinajstić information content (AvgIpc) is 2.72. The fourth-order valence-electron chi connectivity index (χ4n) is 4.21. The molecule has 2 aromatic rings. The summed E-state index contributed by atoms with van der Waals surface area (Å²) in [6.45, 7) is 8.20. The summed E-state index contributed by atoms with van der Waals surface area (Å²) in [6.07, 6.45) is 5.28. The normalized spacial score (nSPS) is 19.4. The molecule has 2 N–H and O–H groups in total. The molecule has 4 nitrogen and oxygen atoms in total. The maximum Gasteiger partial charge on any atom is 0.304 e. The van der Waals surface area contributed by atoms with Gasteiger partial charge in [0.15, 0.2) is 0 Å². The van der Waals surface area contributed by atoms with Crippen LogP contribution in [0.5, 0.6) is 5.75 Å². The van der Waals surface area contributed by atoms with Crippen LogP contribution in [0.2, 0.25) is 0 Å². The van der Waals surface area contributed by atoms with Gasteiger partial charge in [-0.2, -0.15) is 0 Å². The highest BCUT2D eigenvalue weighted by Gasteiger charge is 2.30. The number of rotatable bonds is 8. The fourth-order valence-corrected chi connectivity index (χ4v) is 4.21. The number of ether oxygens (including phenoxy) is 1. The first-order chi connectivity index (χ1) is 14.3. The van der Waals surface area contributed by atoms with Crippen LogP contribution in [-0.2, 0) is 11.3 Å². The summed E-state index contributed by atoms with van der Waals surface area (Å²) < 4.78 is 6.25. The van der Waals surface area contributed by atoms with Crippen LogP contribution in [-0.4, -0.2) is 23.7 Å². The number of hydrogen-bond acceptors (Lipinski definition) is 3. The molecule has 0 amide bonds. The topological polar surface area (TPSA) is 58.6 Å². The van der Waals surface area contributed by atoms with Gasteiger partial charge in [0.1, 0.15) is 5.75 Å². The number of carboxylic acid groups (broad SMARTS) is 1. The van der Waals surface area contributed by atoms with E-state index in [0.29, 0.717) is 24.6 Å². The highest BCUT2D eigenvalue weighted by atomic mass is 16.5. The maximum absolute atomic E-state index is 10.5. The van der Waals surface area contributed by atoms with E-state index < -0.39 is 5.97 Å². The van der Waals surface area contributed by atoms with Crippen LogP contribution >= 0.6 is 0 Å². The molecule has 4 heteroatoms. The van der Waals surface area contributed by atoms with Crippen LogP contribution in [0.25, 0.3) is 11.1 Å². The van der Waals surface area contributed by atoms with E-state index >= 15 is 0 Å². The second kappa shape index (κ2) is 10.1. The zero-order chi connectivity index (χ0) is 21.6. The molecule has 0 spiro atoms. The number of benzene rings is 2. The van der Waals surface area contributed by atoms with Gasteiger partial charge in [0.2, 0.25) is 0 Å². The smallest absolute Gasteiger partial charge is 0.304 e. The van der Waals surface area contributed by atoms with Gasteiger partial charge >= 0.3 is 5.97 Å². The van der Waals surface area contributed by atoms with E-state index in [0.717, 1.165) is 30.1 Å². The highest BCUT2D eigenvalue weighted by molar-refractivity contribution is 5.67. The molecule has 0 saturated heterocycles. The SMILES string of the molecule is CC(C)(C)[C@H]1CC[C@H](Oc2ccc(-c3ccc(CNCCC(=O)O)cc3)cc2)CC1. The molecule has 1 aliphatic rings. The minimum Gasteiger partial charge on any atom is -0.490 e. The number of nitrogens with one attached hydrogen (secondary N) is 1. The van der Waals surface area contributed by atoms with Crippen molar-refractivity contribution in [2.75, 3.05) is 6.54 Å². The highest BCUT2D eigenvalue weighted by Crippen LogP contribution is 2.38. The van der Waals surface area contributed by atoms with Gasteiger partial charge in [-0.25, -0.2) is 0 Å². The Kier molecular flexibility index (Phi) is 7.54. The Balaban J connectivity index is 1.49. The van der Waals surface area contributed by atoms with E-state index in [1.165, 1.54) is 24.0 Å². The maximum atomic E-state index is 10.5. The molecule has 0 atom stereocenters. The Morgan fingerprint density at radius 2 is 1.53 bits per heavy atom. The summed E-state index contributed by atoms with van der Waals surface area (Å²) in [5.41, 5.74) is 3.89. The Morgan fingerprint density at radius 3 is 2.07 bits per heavy atom. The molecule has 0 bridgehead atoms. The van der Waals surface area contributed by atoms with Crippen molar-refractivity contribution in [2.24, 2.45) is 11.3 Å². The van der Waals surface area contributed by atoms with E-state index in [2.05, 4.69) is 74.6 Å². The lowest BCUT2D eigenvalue weighted by atomic mass is 9.72. The van der Waals surface area contributed by atoms with Crippen LogP contribution in [0.3, 0.4) is 0 Å². The molecule has 0 aromatic heterocycles. The summed E-state index contributed by atoms with van der Waals surface area (Å²) in [5.74, 6) is 0.982. The van der Waals surface area contributed by atoms with Gasteiger partial charge in [-0.1, -0.05) is 57.2 Å². The van der Waals surface area contributed by atoms with Gasteiger partial charge < -0.3 is 15.2 Å². The van der Waals surface area contributed by atoms with Crippen molar-refractivity contribution in [3.63, 3.8) is 0 Å². The molecule has 0 aliphatic heterocycles. The van der Waals surface area contributed by atoms with Gasteiger partial charge in [0.25, 0.3) is 0 Å². The monoisotopic (exact) mass is 409 g/mol. The summed E-state index contributed by atoms with van der Waals surface area (Å²) >= 11 is 0. The predicted molar refractivity (Wildman–Crippen MR) is 122 cm³/mol. The molecule has 3 rings (SSSR count). The minimum atomic E-state index is -0.775. The summed E-state index contributed by atoms with van der Waals surface area (Å²) in [6, 6.07) is 16.8. The van der Waals surface area contributed by atoms with E-state index in [4.69, 9.17) is 9.84 Å². The Hall–Kier alpha value is -2.33. The Morgan fingerprint density at radius 1 is 0.967 bits per heavy atom. The molecule has 1 saturated carbocycles. The summed E-state index contributed by atoms with van der Waals surface area (Å²) in [5, 5.41) is 11.8. The Bertz CT molecular complexity index is 798. The van der Waals surface area contributed by atoms with Gasteiger partial charge in [-0.3, -0.25) is 4.79 Å². The van der Waals surface area contributed by atoms with Gasteiger partial charge in [0, 0.05) is 13.1 Å². The minimum absolute atomic E-state index is 0.143. The van der Waals surface area contributed by atoms with Gasteiger partial charge in [-0.15, -0.1) is 0 Å². The Labute approximate surface area is 180 Å². The standard InChI is InChI=1S/C26H35NO3/c1-26(2,3)22-10-14-24(15-11-22)30-23-12-8-21(9-13-23)20-6-4-19(5-7-20)18-27-17-16-25(28)29/h4-9,12-13,22,24,27H,10-11,14-18H2,1-3H3,(H,28,29)/t22-,24-. The van der Waals surface area contributed by atoms with Crippen molar-refractivity contribution in [3.05, 3.63) is 54.1 Å². The van der Waals surface area contributed by atoms with E-state index in [9.17, 15) is 4.79 Å². The molecular formula is C26H35NO3. The number of hydrogen-bond donors (Lipinski definition) is 2. The van der Waals surface area contributed by atoms with Crippen LogP contribution < -0.4 is 10.1 Å². The van der Waals surface area contributed by atoms with Gasteiger partial charge in [0.05, 0.1) is 12.5 Å². The summed E-state index contributed by atoms with van der Waals surface area (Å²) in [4.78, 5) is 10.5. The van der Waals surface area contributed by atoms with Crippen molar-refractivity contribution in [3.8, 4) is 16.9 Å². The molecule has 30 heavy (non-hydrogen) atoms. The lowest BCUT2D eigenvalue weighted by Gasteiger charge is -2.36. The number of carbonyl (C=O) groups is 1. The van der Waals surface area contributed by atoms with Crippen LogP contribution in [0.4, 0.5) is 0 Å². The predicted octanol–water partition coefficient (Wildman–Crippen LogP) is 5.90. The largest absolute Gasteiger partial charge is 0.490 e. The molecule has 1 aliphatic carbocycles. The van der Waals surface area contributed by atoms with Crippen LogP contribution in [0.1, 0.15) is 58.4 Å². The van der Waals surface area contributed by atoms with Crippen molar-refractivity contribution < 1.29 is 14.6 Å². The third-order valence-electron chi connectivity index (χ3n) is 6.19. The second-order valence-corrected chi connectivity index (χ2v) is 9.50. The van der Waals surface area contributed by atoms with Gasteiger partial charge in [-0.05, 0) is 65.8 Å². The lowest BCUT2D eigenvalue weighted by Crippen LogP contribution is -2.30. The first-order valence-corrected chi connectivity index (χ1v) is 11.1. The number of carboxylic acids is 1. The molecule has 0 unspecified atom stereocenters. The molecule has 0 radical (unpaired) electrons. The zero-order valence-corrected chi connectivity index (χ0v) is 18.5. The van der Waals surface area contributed by atoms with E-state index in [1.54, 1.807) is 0 Å². The second-order valence-electron chi connectivity index (χ2n) is 9.50. The molecule has 1 fully saturated rings. The molecule has 0 heterocycles. The van der Waals surface area contributed by atoms with Crippen molar-refractivity contribution in [1.82, 2.24) is 5.32 Å². The first kappa shape index (κ1) is 22.4. The summed E-state index contributed by atoms with van der Waals surface area (Å²) in [7, 11) is 0. The van der Waals surface area contributed by atoms with Crippen molar-refractivity contribution in [1.29, 1.82) is 0 Å². The molecular weight excluding hydrogens is 374 g/mol. The third kappa shape index (κ3) is 6.60. The molecule has 162 valence electrons. The van der Waals surface area contributed by atoms with Crippen LogP contribution in [0, 0.1) is 11.3 Å². The van der Waals surface area contributed by atoms with E-state index in [1.807, 2.05) is 0 Å².